The maximum atomic E-state index is 12.6. The molecule has 25 heavy (non-hydrogen) atoms. The zero-order chi connectivity index (χ0) is 17.8. The van der Waals surface area contributed by atoms with E-state index in [-0.39, 0.29) is 5.91 Å². The molecular weight excluding hydrogens is 316 g/mol. The first-order chi connectivity index (χ1) is 12.1. The third-order valence-corrected chi connectivity index (χ3v) is 4.37. The molecule has 0 radical (unpaired) electrons. The Bertz CT molecular complexity index is 784. The molecule has 0 aliphatic carbocycles. The van der Waals surface area contributed by atoms with Gasteiger partial charge in [-0.1, -0.05) is 48.0 Å². The molecule has 2 amide bonds. The van der Waals surface area contributed by atoms with Crippen molar-refractivity contribution in [2.24, 2.45) is 0 Å². The summed E-state index contributed by atoms with van der Waals surface area (Å²) in [5, 5.41) is 2.81. The largest absolute Gasteiger partial charge is 0.324 e. The quantitative estimate of drug-likeness (QED) is 0.690. The van der Waals surface area contributed by atoms with Crippen molar-refractivity contribution < 1.29 is 14.4 Å². The summed E-state index contributed by atoms with van der Waals surface area (Å²) in [6, 6.07) is 15.4. The van der Waals surface area contributed by atoms with Crippen LogP contribution in [-0.2, 0) is 9.59 Å². The summed E-state index contributed by atoms with van der Waals surface area (Å²) >= 11 is 0. The summed E-state index contributed by atoms with van der Waals surface area (Å²) in [7, 11) is 0. The van der Waals surface area contributed by atoms with Gasteiger partial charge < -0.3 is 10.2 Å². The SMILES string of the molecule is Cc1ccc(C(=O)C(=O)N2CCC[C@H]2C(=O)Nc2ccccc2)cc1. The average molecular weight is 336 g/mol. The topological polar surface area (TPSA) is 66.5 Å². The lowest BCUT2D eigenvalue weighted by Crippen LogP contribution is -2.46. The minimum absolute atomic E-state index is 0.256. The number of hydrogen-bond acceptors (Lipinski definition) is 3. The minimum atomic E-state index is -0.616. The lowest BCUT2D eigenvalue weighted by Gasteiger charge is -2.23. The number of para-hydroxylation sites is 1. The maximum Gasteiger partial charge on any atom is 0.295 e. The third-order valence-electron chi connectivity index (χ3n) is 4.37. The Kier molecular flexibility index (Phi) is 4.93. The van der Waals surface area contributed by atoms with Gasteiger partial charge in [-0.2, -0.15) is 0 Å². The number of nitrogens with zero attached hydrogens (tertiary/aromatic N) is 1. The molecule has 5 nitrogen and oxygen atoms in total. The molecule has 2 aromatic rings. The molecule has 0 aromatic heterocycles. The van der Waals surface area contributed by atoms with Gasteiger partial charge >= 0.3 is 0 Å². The van der Waals surface area contributed by atoms with Crippen molar-refractivity contribution in [2.75, 3.05) is 11.9 Å². The van der Waals surface area contributed by atoms with Gasteiger partial charge in [0.25, 0.3) is 5.91 Å². The van der Waals surface area contributed by atoms with Gasteiger partial charge in [-0.15, -0.1) is 0 Å². The van der Waals surface area contributed by atoms with Crippen LogP contribution in [0.4, 0.5) is 5.69 Å². The van der Waals surface area contributed by atoms with Gasteiger partial charge in [-0.05, 0) is 31.9 Å². The highest BCUT2D eigenvalue weighted by molar-refractivity contribution is 6.43. The molecule has 1 N–H and O–H groups in total. The highest BCUT2D eigenvalue weighted by Gasteiger charge is 2.37. The molecule has 2 aromatic carbocycles. The fourth-order valence-corrected chi connectivity index (χ4v) is 2.99. The summed E-state index contributed by atoms with van der Waals surface area (Å²) in [6.07, 6.45) is 1.27. The fraction of sp³-hybridized carbons (Fsp3) is 0.250. The zero-order valence-corrected chi connectivity index (χ0v) is 14.1. The molecular formula is C20H20N2O3. The van der Waals surface area contributed by atoms with E-state index in [0.29, 0.717) is 30.6 Å². The van der Waals surface area contributed by atoms with E-state index in [1.165, 1.54) is 4.90 Å². The molecule has 1 heterocycles. The summed E-state index contributed by atoms with van der Waals surface area (Å²) in [5.74, 6) is -1.44. The van der Waals surface area contributed by atoms with Crippen LogP contribution in [0.3, 0.4) is 0 Å². The molecule has 1 atom stereocenters. The predicted molar refractivity (Wildman–Crippen MR) is 95.3 cm³/mol. The Morgan fingerprint density at radius 2 is 1.68 bits per heavy atom. The second kappa shape index (κ2) is 7.30. The van der Waals surface area contributed by atoms with Crippen molar-refractivity contribution in [1.29, 1.82) is 0 Å². The number of likely N-dealkylation sites (tertiary alicyclic amines) is 1. The van der Waals surface area contributed by atoms with E-state index in [0.717, 1.165) is 5.56 Å². The smallest absolute Gasteiger partial charge is 0.295 e. The molecule has 1 saturated heterocycles. The van der Waals surface area contributed by atoms with Crippen molar-refractivity contribution in [3.8, 4) is 0 Å². The number of anilines is 1. The van der Waals surface area contributed by atoms with Crippen LogP contribution in [0.2, 0.25) is 0 Å². The van der Waals surface area contributed by atoms with Crippen molar-refractivity contribution in [3.05, 3.63) is 65.7 Å². The lowest BCUT2D eigenvalue weighted by molar-refractivity contribution is -0.132. The Morgan fingerprint density at radius 3 is 2.36 bits per heavy atom. The van der Waals surface area contributed by atoms with E-state index in [4.69, 9.17) is 0 Å². The zero-order valence-electron chi connectivity index (χ0n) is 14.1. The van der Waals surface area contributed by atoms with Crippen LogP contribution in [0.5, 0.6) is 0 Å². The molecule has 5 heteroatoms. The molecule has 0 saturated carbocycles. The number of nitrogens with one attached hydrogen (secondary N) is 1. The summed E-state index contributed by atoms with van der Waals surface area (Å²) in [6.45, 7) is 2.34. The van der Waals surface area contributed by atoms with Crippen molar-refractivity contribution in [2.45, 2.75) is 25.8 Å². The standard InChI is InChI=1S/C20H20N2O3/c1-14-9-11-15(12-10-14)18(23)20(25)22-13-5-8-17(22)19(24)21-16-6-3-2-4-7-16/h2-4,6-7,9-12,17H,5,8,13H2,1H3,(H,21,24)/t17-/m0/s1. The van der Waals surface area contributed by atoms with Crippen LogP contribution < -0.4 is 5.32 Å². The first-order valence-corrected chi connectivity index (χ1v) is 8.34. The first-order valence-electron chi connectivity index (χ1n) is 8.34. The van der Waals surface area contributed by atoms with Crippen LogP contribution in [0.15, 0.2) is 54.6 Å². The van der Waals surface area contributed by atoms with E-state index in [2.05, 4.69) is 5.32 Å². The van der Waals surface area contributed by atoms with Gasteiger partial charge in [0.05, 0.1) is 0 Å². The van der Waals surface area contributed by atoms with E-state index in [1.807, 2.05) is 25.1 Å². The third kappa shape index (κ3) is 3.76. The number of aryl methyl sites for hydroxylation is 1. The molecule has 0 unspecified atom stereocenters. The van der Waals surface area contributed by atoms with Crippen LogP contribution in [0, 0.1) is 6.92 Å². The second-order valence-electron chi connectivity index (χ2n) is 6.21. The summed E-state index contributed by atoms with van der Waals surface area (Å²) in [5.41, 5.74) is 2.05. The van der Waals surface area contributed by atoms with Crippen LogP contribution >= 0.6 is 0 Å². The van der Waals surface area contributed by atoms with Crippen molar-refractivity contribution >= 4 is 23.3 Å². The Hall–Kier alpha value is -2.95. The number of amides is 2. The highest BCUT2D eigenvalue weighted by atomic mass is 16.2. The van der Waals surface area contributed by atoms with Gasteiger partial charge in [-0.25, -0.2) is 0 Å². The van der Waals surface area contributed by atoms with Gasteiger partial charge in [0.2, 0.25) is 11.7 Å². The van der Waals surface area contributed by atoms with Crippen LogP contribution in [0.1, 0.15) is 28.8 Å². The fourth-order valence-electron chi connectivity index (χ4n) is 2.99. The summed E-state index contributed by atoms with van der Waals surface area (Å²) < 4.78 is 0. The number of ketones is 1. The summed E-state index contributed by atoms with van der Waals surface area (Å²) in [4.78, 5) is 38.9. The monoisotopic (exact) mass is 336 g/mol. The Morgan fingerprint density at radius 1 is 1.00 bits per heavy atom. The Labute approximate surface area is 146 Å². The molecule has 0 bridgehead atoms. The first kappa shape index (κ1) is 16.9. The molecule has 1 aliphatic rings. The van der Waals surface area contributed by atoms with Gasteiger partial charge in [-0.3, -0.25) is 14.4 Å². The van der Waals surface area contributed by atoms with E-state index in [9.17, 15) is 14.4 Å². The van der Waals surface area contributed by atoms with Gasteiger partial charge in [0, 0.05) is 17.8 Å². The van der Waals surface area contributed by atoms with Crippen molar-refractivity contribution in [3.63, 3.8) is 0 Å². The van der Waals surface area contributed by atoms with Crippen LogP contribution in [0.25, 0.3) is 0 Å². The minimum Gasteiger partial charge on any atom is -0.324 e. The molecule has 0 spiro atoms. The van der Waals surface area contributed by atoms with E-state index < -0.39 is 17.7 Å². The number of benzene rings is 2. The number of Topliss-reactive ketones (excluding diaryl/α,β-unsaturated/α-hetero) is 1. The molecule has 1 aliphatic heterocycles. The number of rotatable bonds is 4. The van der Waals surface area contributed by atoms with Crippen molar-refractivity contribution in [1.82, 2.24) is 4.90 Å². The maximum absolute atomic E-state index is 12.6. The van der Waals surface area contributed by atoms with E-state index in [1.54, 1.807) is 36.4 Å². The lowest BCUT2D eigenvalue weighted by atomic mass is 10.1. The number of carbonyl (C=O) groups is 3. The number of hydrogen-bond donors (Lipinski definition) is 1. The Balaban J connectivity index is 1.72. The van der Waals surface area contributed by atoms with Gasteiger partial charge in [0.1, 0.15) is 6.04 Å². The molecule has 3 rings (SSSR count). The predicted octanol–water partition coefficient (Wildman–Crippen LogP) is 2.81. The second-order valence-corrected chi connectivity index (χ2v) is 6.21. The normalized spacial score (nSPS) is 16.5. The highest BCUT2D eigenvalue weighted by Crippen LogP contribution is 2.21. The van der Waals surface area contributed by atoms with Crippen LogP contribution in [-0.4, -0.2) is 35.1 Å². The molecule has 1 fully saturated rings. The average Bonchev–Trinajstić information content (AvgIpc) is 3.12. The van der Waals surface area contributed by atoms with E-state index >= 15 is 0 Å². The number of carbonyl (C=O) groups excluding carboxylic acids is 3. The van der Waals surface area contributed by atoms with Gasteiger partial charge in [0.15, 0.2) is 0 Å². The molecule has 128 valence electrons.